The number of nitrogens with zero attached hydrogens (tertiary/aromatic N) is 1. The van der Waals surface area contributed by atoms with E-state index in [2.05, 4.69) is 4.99 Å². The zero-order valence-corrected chi connectivity index (χ0v) is 16.2. The summed E-state index contributed by atoms with van der Waals surface area (Å²) in [5, 5.41) is 9.87. The van der Waals surface area contributed by atoms with E-state index in [0.29, 0.717) is 16.0 Å². The highest BCUT2D eigenvalue weighted by molar-refractivity contribution is 7.12. The third-order valence-electron chi connectivity index (χ3n) is 4.15. The Morgan fingerprint density at radius 1 is 1.17 bits per heavy atom. The number of carbonyl (C=O) groups is 2. The average Bonchev–Trinajstić information content (AvgIpc) is 3.35. The van der Waals surface area contributed by atoms with Gasteiger partial charge in [0.05, 0.1) is 0 Å². The van der Waals surface area contributed by atoms with E-state index in [1.165, 1.54) is 29.5 Å². The minimum absolute atomic E-state index is 0.0263. The summed E-state index contributed by atoms with van der Waals surface area (Å²) >= 11 is 1.27. The van der Waals surface area contributed by atoms with E-state index in [-0.39, 0.29) is 23.1 Å². The van der Waals surface area contributed by atoms with Crippen molar-refractivity contribution >= 4 is 35.2 Å². The molecule has 0 saturated carbocycles. The van der Waals surface area contributed by atoms with Gasteiger partial charge in [-0.05, 0) is 48.2 Å². The van der Waals surface area contributed by atoms with E-state index in [9.17, 15) is 9.59 Å². The summed E-state index contributed by atoms with van der Waals surface area (Å²) in [4.78, 5) is 28.9. The van der Waals surface area contributed by atoms with E-state index in [1.807, 2.05) is 31.2 Å². The Morgan fingerprint density at radius 2 is 1.97 bits per heavy atom. The maximum absolute atomic E-state index is 12.1. The molecule has 6 nitrogen and oxygen atoms in total. The molecule has 7 heteroatoms. The zero-order chi connectivity index (χ0) is 20.4. The maximum atomic E-state index is 12.1. The number of carbonyl (C=O) groups excluding carboxylic acids is 2. The molecule has 4 rings (SSSR count). The van der Waals surface area contributed by atoms with E-state index in [4.69, 9.17) is 14.6 Å². The van der Waals surface area contributed by atoms with Gasteiger partial charge >= 0.3 is 11.9 Å². The monoisotopic (exact) mass is 406 g/mol. The first kappa shape index (κ1) is 18.6. The van der Waals surface area contributed by atoms with Crippen LogP contribution < -0.4 is 4.74 Å². The molecule has 0 aliphatic carbocycles. The largest absolute Gasteiger partial charge is 0.591 e. The van der Waals surface area contributed by atoms with Crippen molar-refractivity contribution in [2.45, 2.75) is 6.92 Å². The molecule has 0 saturated heterocycles. The predicted molar refractivity (Wildman–Crippen MR) is 111 cm³/mol. The Hall–Kier alpha value is -3.71. The van der Waals surface area contributed by atoms with E-state index >= 15 is 0 Å². The molecule has 1 aromatic heterocycles. The van der Waals surface area contributed by atoms with Crippen LogP contribution in [0.25, 0.3) is 6.08 Å². The highest BCUT2D eigenvalue weighted by Crippen LogP contribution is 2.30. The van der Waals surface area contributed by atoms with Crippen LogP contribution in [0.4, 0.5) is 0 Å². The predicted octanol–water partition coefficient (Wildman–Crippen LogP) is 4.06. The molecule has 1 aliphatic rings. The van der Waals surface area contributed by atoms with Crippen molar-refractivity contribution in [3.8, 4) is 11.5 Å². The molecule has 0 fully saturated rings. The fourth-order valence-corrected chi connectivity index (χ4v) is 3.26. The molecule has 0 radical (unpaired) electrons. The lowest BCUT2D eigenvalue weighted by atomic mass is 10.1. The second kappa shape index (κ2) is 7.73. The van der Waals surface area contributed by atoms with Crippen molar-refractivity contribution in [2.24, 2.45) is 4.99 Å². The van der Waals surface area contributed by atoms with Crippen LogP contribution in [0.15, 0.2) is 70.7 Å². The molecular formula is C22H16NO5S+. The second-order valence-corrected chi connectivity index (χ2v) is 7.27. The summed E-state index contributed by atoms with van der Waals surface area (Å²) in [6, 6.07) is 15.6. The molecule has 0 atom stereocenters. The first-order valence-electron chi connectivity index (χ1n) is 8.70. The Morgan fingerprint density at radius 3 is 2.66 bits per heavy atom. The molecule has 3 aromatic rings. The number of esters is 2. The number of benzene rings is 2. The molecule has 2 N–H and O–H groups in total. The Balaban J connectivity index is 1.54. The van der Waals surface area contributed by atoms with Gasteiger partial charge in [-0.3, -0.25) is 0 Å². The van der Waals surface area contributed by atoms with Crippen molar-refractivity contribution < 1.29 is 24.2 Å². The normalized spacial score (nSPS) is 14.6. The minimum Gasteiger partial charge on any atom is -0.591 e. The third-order valence-corrected chi connectivity index (χ3v) is 5.00. The van der Waals surface area contributed by atoms with Crippen molar-refractivity contribution in [2.75, 3.05) is 0 Å². The summed E-state index contributed by atoms with van der Waals surface area (Å²) in [5.74, 6) is -0.651. The molecule has 1 aliphatic heterocycles. The Bertz CT molecular complexity index is 1140. The lowest BCUT2D eigenvalue weighted by Crippen LogP contribution is -2.06. The summed E-state index contributed by atoms with van der Waals surface area (Å²) in [7, 11) is 0. The van der Waals surface area contributed by atoms with Gasteiger partial charge in [0.2, 0.25) is 11.6 Å². The van der Waals surface area contributed by atoms with Gasteiger partial charge < -0.3 is 14.6 Å². The van der Waals surface area contributed by atoms with Gasteiger partial charge in [0.15, 0.2) is 5.70 Å². The van der Waals surface area contributed by atoms with Gasteiger partial charge in [-0.2, -0.15) is 0 Å². The topological polar surface area (TPSA) is 87.9 Å². The van der Waals surface area contributed by atoms with Crippen molar-refractivity contribution in [3.63, 3.8) is 0 Å². The van der Waals surface area contributed by atoms with E-state index in [1.54, 1.807) is 23.6 Å². The number of ether oxygens (including phenoxy) is 2. The lowest BCUT2D eigenvalue weighted by Gasteiger charge is -2.03. The number of aryl methyl sites for hydroxylation is 1. The number of thiophene rings is 1. The number of hydrogen-bond acceptors (Lipinski definition) is 6. The molecule has 2 aromatic carbocycles. The number of cyclic esters (lactones) is 1. The van der Waals surface area contributed by atoms with Crippen molar-refractivity contribution in [1.29, 1.82) is 0 Å². The molecule has 0 spiro atoms. The quantitative estimate of drug-likeness (QED) is 0.283. The zero-order valence-electron chi connectivity index (χ0n) is 15.3. The van der Waals surface area contributed by atoms with Crippen LogP contribution in [0.1, 0.15) is 26.4 Å². The number of hydrogen-bond donors (Lipinski definition) is 0. The summed E-state index contributed by atoms with van der Waals surface area (Å²) in [6.07, 6.45) is 1.53. The second-order valence-electron chi connectivity index (χ2n) is 6.32. The summed E-state index contributed by atoms with van der Waals surface area (Å²) < 4.78 is 10.5. The minimum atomic E-state index is -0.555. The van der Waals surface area contributed by atoms with Crippen LogP contribution in [0.5, 0.6) is 11.5 Å². The lowest BCUT2D eigenvalue weighted by molar-refractivity contribution is -0.129. The molecule has 144 valence electrons. The van der Waals surface area contributed by atoms with Gasteiger partial charge in [-0.25, -0.2) is 14.6 Å². The van der Waals surface area contributed by atoms with Gasteiger partial charge in [-0.1, -0.05) is 29.8 Å². The standard InChI is InChI=1S/C22H15NO5S/c1-13-4-7-15(8-5-13)20-23-16(21(25)28-20)11-14-6-9-18(17(24)12-14)27-22(26)19-3-2-10-29-19/h2-12,24H,1H3/p+1/b16-11+. The van der Waals surface area contributed by atoms with Crippen molar-refractivity contribution in [3.05, 3.63) is 87.2 Å². The third kappa shape index (κ3) is 4.09. The summed E-state index contributed by atoms with van der Waals surface area (Å²) in [6.45, 7) is 1.97. The van der Waals surface area contributed by atoms with Crippen molar-refractivity contribution in [1.82, 2.24) is 0 Å². The van der Waals surface area contributed by atoms with Crippen LogP contribution in [0.2, 0.25) is 0 Å². The van der Waals surface area contributed by atoms with Gasteiger partial charge in [0.25, 0.3) is 5.75 Å². The molecule has 29 heavy (non-hydrogen) atoms. The molecule has 0 unspecified atom stereocenters. The fourth-order valence-electron chi connectivity index (χ4n) is 2.66. The molecule has 2 heterocycles. The fraction of sp³-hybridized carbons (Fsp3) is 0.0455. The number of aliphatic imine (C=N–C) groups is 1. The molecular weight excluding hydrogens is 390 g/mol. The highest BCUT2D eigenvalue weighted by Gasteiger charge is 2.24. The maximum Gasteiger partial charge on any atom is 0.363 e. The smallest absolute Gasteiger partial charge is 0.363 e. The Kier molecular flexibility index (Phi) is 4.97. The first-order valence-corrected chi connectivity index (χ1v) is 9.58. The average molecular weight is 406 g/mol. The van der Waals surface area contributed by atoms with E-state index < -0.39 is 11.9 Å². The summed E-state index contributed by atoms with van der Waals surface area (Å²) in [5.41, 5.74) is 2.52. The SMILES string of the molecule is Cc1ccc(C2=N/C(=C/c3ccc(OC(=O)c4cccs4)c([OH2+])c3)C(=O)O2)cc1. The van der Waals surface area contributed by atoms with E-state index in [0.717, 1.165) is 5.56 Å². The van der Waals surface area contributed by atoms with Gasteiger partial charge in [0.1, 0.15) is 4.88 Å². The van der Waals surface area contributed by atoms with Gasteiger partial charge in [0, 0.05) is 11.6 Å². The van der Waals surface area contributed by atoms with Crippen LogP contribution >= 0.6 is 11.3 Å². The number of rotatable bonds is 4. The molecule has 0 bridgehead atoms. The highest BCUT2D eigenvalue weighted by atomic mass is 32.1. The van der Waals surface area contributed by atoms with Crippen LogP contribution in [-0.2, 0) is 9.53 Å². The van der Waals surface area contributed by atoms with Gasteiger partial charge in [-0.15, -0.1) is 11.3 Å². The van der Waals surface area contributed by atoms with Crippen LogP contribution in [0, 0.1) is 6.92 Å². The first-order chi connectivity index (χ1) is 14.0. The Labute approximate surface area is 170 Å². The van der Waals surface area contributed by atoms with Crippen LogP contribution in [0.3, 0.4) is 0 Å². The van der Waals surface area contributed by atoms with Crippen LogP contribution in [-0.4, -0.2) is 22.9 Å². The molecule has 0 amide bonds.